The SMILES string of the molecule is C=CC(/C=C/C(C)C/C=C\C)=C(/C)C1=C(CC(C)C)CC2(C)CC3(C)CC(C)=C(C(=C)C)C(=C)C3(C)C(C)=C2C1=C. The van der Waals surface area contributed by atoms with E-state index in [4.69, 9.17) is 13.2 Å². The Hall–Kier alpha value is -2.60. The van der Waals surface area contributed by atoms with Crippen LogP contribution in [0, 0.1) is 28.1 Å². The van der Waals surface area contributed by atoms with E-state index in [-0.39, 0.29) is 16.2 Å². The lowest BCUT2D eigenvalue weighted by Crippen LogP contribution is -2.52. The molecule has 0 amide bonds. The van der Waals surface area contributed by atoms with Gasteiger partial charge < -0.3 is 0 Å². The molecule has 41 heavy (non-hydrogen) atoms. The third-order valence-electron chi connectivity index (χ3n) is 10.7. The average Bonchev–Trinajstić information content (AvgIpc) is 2.84. The van der Waals surface area contributed by atoms with Gasteiger partial charge in [-0.2, -0.15) is 0 Å². The van der Waals surface area contributed by atoms with Gasteiger partial charge in [0.2, 0.25) is 0 Å². The fraction of sp³-hybridized carbons (Fsp3) is 0.512. The second-order valence-electron chi connectivity index (χ2n) is 14.7. The maximum Gasteiger partial charge on any atom is 0.0194 e. The Bertz CT molecular complexity index is 1340. The van der Waals surface area contributed by atoms with Gasteiger partial charge in [0.15, 0.2) is 0 Å². The Labute approximate surface area is 253 Å². The summed E-state index contributed by atoms with van der Waals surface area (Å²) < 4.78 is 0. The molecule has 0 saturated heterocycles. The Kier molecular flexibility index (Phi) is 9.59. The van der Waals surface area contributed by atoms with Crippen molar-refractivity contribution < 1.29 is 0 Å². The van der Waals surface area contributed by atoms with Gasteiger partial charge in [-0.3, -0.25) is 0 Å². The zero-order valence-electron chi connectivity index (χ0n) is 28.4. The first-order valence-corrected chi connectivity index (χ1v) is 15.8. The van der Waals surface area contributed by atoms with Crippen molar-refractivity contribution in [1.82, 2.24) is 0 Å². The van der Waals surface area contributed by atoms with Crippen LogP contribution in [-0.2, 0) is 0 Å². The normalized spacial score (nSPS) is 30.3. The van der Waals surface area contributed by atoms with E-state index < -0.39 is 0 Å². The molecule has 0 nitrogen and oxygen atoms in total. The van der Waals surface area contributed by atoms with Gasteiger partial charge in [0.25, 0.3) is 0 Å². The Morgan fingerprint density at radius 1 is 1.00 bits per heavy atom. The van der Waals surface area contributed by atoms with E-state index in [2.05, 4.69) is 114 Å². The second kappa shape index (κ2) is 11.9. The van der Waals surface area contributed by atoms with E-state index in [0.717, 1.165) is 37.7 Å². The number of hydrogen-bond donors (Lipinski definition) is 0. The van der Waals surface area contributed by atoms with Crippen molar-refractivity contribution >= 4 is 0 Å². The Morgan fingerprint density at radius 2 is 1.63 bits per heavy atom. The predicted molar refractivity (Wildman–Crippen MR) is 184 cm³/mol. The summed E-state index contributed by atoms with van der Waals surface area (Å²) in [6.07, 6.45) is 16.5. The summed E-state index contributed by atoms with van der Waals surface area (Å²) in [5.41, 5.74) is 14.7. The van der Waals surface area contributed by atoms with Crippen molar-refractivity contribution in [3.63, 3.8) is 0 Å². The summed E-state index contributed by atoms with van der Waals surface area (Å²) >= 11 is 0. The molecule has 0 aliphatic heterocycles. The fourth-order valence-corrected chi connectivity index (χ4v) is 8.90. The largest absolute Gasteiger partial charge is 0.0985 e. The summed E-state index contributed by atoms with van der Waals surface area (Å²) in [7, 11) is 0. The predicted octanol–water partition coefficient (Wildman–Crippen LogP) is 12.5. The van der Waals surface area contributed by atoms with Crippen molar-refractivity contribution in [3.05, 3.63) is 118 Å². The van der Waals surface area contributed by atoms with Crippen molar-refractivity contribution in [1.29, 1.82) is 0 Å². The maximum absolute atomic E-state index is 4.92. The van der Waals surface area contributed by atoms with Crippen molar-refractivity contribution in [2.24, 2.45) is 28.1 Å². The van der Waals surface area contributed by atoms with Crippen LogP contribution in [-0.4, -0.2) is 0 Å². The second-order valence-corrected chi connectivity index (χ2v) is 14.7. The van der Waals surface area contributed by atoms with E-state index in [1.807, 2.05) is 6.08 Å². The molecule has 4 atom stereocenters. The van der Waals surface area contributed by atoms with Crippen LogP contribution in [0.1, 0.15) is 108 Å². The zero-order chi connectivity index (χ0) is 31.1. The van der Waals surface area contributed by atoms with Crippen molar-refractivity contribution in [2.75, 3.05) is 0 Å². The van der Waals surface area contributed by atoms with Gasteiger partial charge in [-0.15, -0.1) is 0 Å². The number of rotatable bonds is 9. The van der Waals surface area contributed by atoms with Crippen LogP contribution in [0.5, 0.6) is 0 Å². The molecule has 0 spiro atoms. The minimum absolute atomic E-state index is 0.0515. The molecular weight excluding hydrogens is 492 g/mol. The molecule has 0 aromatic rings. The highest BCUT2D eigenvalue weighted by molar-refractivity contribution is 5.68. The first-order valence-electron chi connectivity index (χ1n) is 15.8. The third-order valence-corrected chi connectivity index (χ3v) is 10.7. The zero-order valence-corrected chi connectivity index (χ0v) is 28.4. The minimum Gasteiger partial charge on any atom is -0.0985 e. The lowest BCUT2D eigenvalue weighted by Gasteiger charge is -2.62. The van der Waals surface area contributed by atoms with Gasteiger partial charge in [-0.25, -0.2) is 0 Å². The van der Waals surface area contributed by atoms with Gasteiger partial charge in [-0.1, -0.05) is 121 Å². The van der Waals surface area contributed by atoms with Gasteiger partial charge in [-0.05, 0) is 128 Å². The molecule has 0 saturated carbocycles. The van der Waals surface area contributed by atoms with Gasteiger partial charge in [0.05, 0.1) is 0 Å². The summed E-state index contributed by atoms with van der Waals surface area (Å²) in [4.78, 5) is 0. The molecule has 4 unspecified atom stereocenters. The number of allylic oxidation sites excluding steroid dienone is 16. The highest BCUT2D eigenvalue weighted by atomic mass is 14.6. The van der Waals surface area contributed by atoms with Gasteiger partial charge in [0.1, 0.15) is 0 Å². The number of hydrogen-bond acceptors (Lipinski definition) is 0. The highest BCUT2D eigenvalue weighted by Gasteiger charge is 2.59. The molecule has 0 bridgehead atoms. The maximum atomic E-state index is 4.92. The van der Waals surface area contributed by atoms with E-state index in [1.54, 1.807) is 5.57 Å². The molecular formula is C41H58. The number of fused-ring (bicyclic) bond motifs is 2. The molecule has 0 heteroatoms. The molecule has 0 aromatic heterocycles. The Morgan fingerprint density at radius 3 is 2.17 bits per heavy atom. The summed E-state index contributed by atoms with van der Waals surface area (Å²) in [6.45, 7) is 44.0. The molecule has 3 rings (SSSR count). The van der Waals surface area contributed by atoms with Gasteiger partial charge >= 0.3 is 0 Å². The van der Waals surface area contributed by atoms with Crippen LogP contribution in [0.2, 0.25) is 0 Å². The van der Waals surface area contributed by atoms with Crippen LogP contribution in [0.3, 0.4) is 0 Å². The first-order chi connectivity index (χ1) is 19.0. The molecule has 0 heterocycles. The van der Waals surface area contributed by atoms with Crippen LogP contribution in [0.4, 0.5) is 0 Å². The molecule has 0 N–H and O–H groups in total. The summed E-state index contributed by atoms with van der Waals surface area (Å²) in [5.74, 6) is 1.06. The van der Waals surface area contributed by atoms with E-state index in [1.165, 1.54) is 50.2 Å². The van der Waals surface area contributed by atoms with Gasteiger partial charge in [0, 0.05) is 5.41 Å². The molecule has 3 aliphatic rings. The smallest absolute Gasteiger partial charge is 0.0194 e. The van der Waals surface area contributed by atoms with E-state index in [0.29, 0.717) is 11.8 Å². The van der Waals surface area contributed by atoms with Crippen LogP contribution >= 0.6 is 0 Å². The van der Waals surface area contributed by atoms with Crippen LogP contribution in [0.25, 0.3) is 0 Å². The molecule has 3 aliphatic carbocycles. The van der Waals surface area contributed by atoms with Crippen LogP contribution < -0.4 is 0 Å². The average molecular weight is 551 g/mol. The highest BCUT2D eigenvalue weighted by Crippen LogP contribution is 2.70. The molecule has 0 aromatic carbocycles. The quantitative estimate of drug-likeness (QED) is 0.198. The topological polar surface area (TPSA) is 0 Å². The lowest BCUT2D eigenvalue weighted by molar-refractivity contribution is 0.0521. The molecule has 0 fully saturated rings. The van der Waals surface area contributed by atoms with Crippen LogP contribution in [0.15, 0.2) is 118 Å². The van der Waals surface area contributed by atoms with Crippen molar-refractivity contribution in [3.8, 4) is 0 Å². The molecule has 0 radical (unpaired) electrons. The van der Waals surface area contributed by atoms with E-state index in [9.17, 15) is 0 Å². The van der Waals surface area contributed by atoms with E-state index >= 15 is 0 Å². The van der Waals surface area contributed by atoms with Crippen molar-refractivity contribution in [2.45, 2.75) is 108 Å². The third kappa shape index (κ3) is 5.61. The molecule has 222 valence electrons. The fourth-order valence-electron chi connectivity index (χ4n) is 8.90. The monoisotopic (exact) mass is 550 g/mol. The lowest BCUT2D eigenvalue weighted by atomic mass is 9.41. The first kappa shape index (κ1) is 32.9. The minimum atomic E-state index is -0.139. The standard InChI is InChI=1S/C41H58/c1-16-18-19-28(7)20-21-34(17-2)30(9)37-31(10)38-33(12)41(15)32(11)36(27(5)6)29(8)23-40(41,14)25-39(38,13)24-35(37)22-26(3)4/h16-18,20-21,26,28H,2,5,10-11,19,22-25H2,1,3-4,6-9,12-15H3/b18-16-,21-20+,34-30+. The summed E-state index contributed by atoms with van der Waals surface area (Å²) in [5, 5.41) is 0. The Balaban J connectivity index is 2.28. The summed E-state index contributed by atoms with van der Waals surface area (Å²) in [6, 6.07) is 0.